The Morgan fingerprint density at radius 3 is 2.90 bits per heavy atom. The van der Waals surface area contributed by atoms with Gasteiger partial charge in [0, 0.05) is 29.7 Å². The molecular weight excluding hydrogens is 352 g/mol. The minimum absolute atomic E-state index is 0.800. The molecule has 0 amide bonds. The molecule has 20 heavy (non-hydrogen) atoms. The number of hydrogen-bond donors (Lipinski definition) is 0. The highest BCUT2D eigenvalue weighted by atomic mass is 79.9. The summed E-state index contributed by atoms with van der Waals surface area (Å²) >= 11 is 11.6. The van der Waals surface area contributed by atoms with Gasteiger partial charge in [-0.2, -0.15) is 0 Å². The number of rotatable bonds is 0. The van der Waals surface area contributed by atoms with Crippen molar-refractivity contribution >= 4 is 65.1 Å². The second-order valence-electron chi connectivity index (χ2n) is 4.86. The normalized spacial score (nSPS) is 13.9. The van der Waals surface area contributed by atoms with Crippen LogP contribution in [-0.2, 0) is 6.42 Å². The summed E-state index contributed by atoms with van der Waals surface area (Å²) in [5.74, 6) is 0. The molecule has 0 fully saturated rings. The van der Waals surface area contributed by atoms with Crippen molar-refractivity contribution in [3.63, 3.8) is 0 Å². The monoisotopic (exact) mass is 360 g/mol. The van der Waals surface area contributed by atoms with Gasteiger partial charge in [-0.1, -0.05) is 57.9 Å². The van der Waals surface area contributed by atoms with E-state index in [1.54, 1.807) is 11.3 Å². The van der Waals surface area contributed by atoms with Gasteiger partial charge in [0.05, 0.1) is 0 Å². The lowest BCUT2D eigenvalue weighted by molar-refractivity contribution is 1.30. The molecule has 4 rings (SSSR count). The highest BCUT2D eigenvalue weighted by Crippen LogP contribution is 2.42. The number of thiophene rings is 1. The van der Waals surface area contributed by atoms with Crippen molar-refractivity contribution in [3.8, 4) is 0 Å². The predicted molar refractivity (Wildman–Crippen MR) is 93.9 cm³/mol. The zero-order valence-electron chi connectivity index (χ0n) is 10.5. The van der Waals surface area contributed by atoms with Gasteiger partial charge < -0.3 is 0 Å². The van der Waals surface area contributed by atoms with E-state index < -0.39 is 0 Å². The topological polar surface area (TPSA) is 0 Å². The van der Waals surface area contributed by atoms with E-state index in [1.165, 1.54) is 31.3 Å². The van der Waals surface area contributed by atoms with Crippen LogP contribution in [0.15, 0.2) is 47.0 Å². The Morgan fingerprint density at radius 2 is 2.00 bits per heavy atom. The van der Waals surface area contributed by atoms with Crippen LogP contribution in [0.1, 0.15) is 11.1 Å². The smallest absolute Gasteiger partial charge is 0.0420 e. The first-order valence-electron chi connectivity index (χ1n) is 6.40. The third kappa shape index (κ3) is 1.86. The van der Waals surface area contributed by atoms with E-state index in [0.29, 0.717) is 0 Å². The van der Waals surface area contributed by atoms with Crippen molar-refractivity contribution in [2.24, 2.45) is 0 Å². The van der Waals surface area contributed by atoms with E-state index in [0.717, 1.165) is 15.9 Å². The molecule has 98 valence electrons. The summed E-state index contributed by atoms with van der Waals surface area (Å²) in [5.41, 5.74) is 2.69. The van der Waals surface area contributed by atoms with Crippen LogP contribution in [0.4, 0.5) is 0 Å². The second kappa shape index (κ2) is 4.73. The largest absolute Gasteiger partial charge is 0.135 e. The summed E-state index contributed by atoms with van der Waals surface area (Å²) < 4.78 is 3.74. The maximum Gasteiger partial charge on any atom is 0.0420 e. The summed E-state index contributed by atoms with van der Waals surface area (Å²) in [4.78, 5) is 0. The van der Waals surface area contributed by atoms with Crippen molar-refractivity contribution in [1.82, 2.24) is 0 Å². The van der Waals surface area contributed by atoms with Crippen molar-refractivity contribution in [1.29, 1.82) is 0 Å². The second-order valence-corrected chi connectivity index (χ2v) is 7.23. The first-order chi connectivity index (χ1) is 9.74. The molecule has 0 aliphatic heterocycles. The number of fused-ring (bicyclic) bond motifs is 5. The van der Waals surface area contributed by atoms with Crippen LogP contribution < -0.4 is 0 Å². The average Bonchev–Trinajstić information content (AvgIpc) is 2.61. The molecule has 0 radical (unpaired) electrons. The van der Waals surface area contributed by atoms with Gasteiger partial charge >= 0.3 is 0 Å². The Morgan fingerprint density at radius 1 is 1.10 bits per heavy atom. The van der Waals surface area contributed by atoms with E-state index in [-0.39, 0.29) is 0 Å². The van der Waals surface area contributed by atoms with Crippen LogP contribution in [0.25, 0.3) is 26.2 Å². The zero-order chi connectivity index (χ0) is 13.7. The van der Waals surface area contributed by atoms with Gasteiger partial charge in [-0.15, -0.1) is 11.3 Å². The fourth-order valence-corrected chi connectivity index (χ4v) is 4.99. The average molecular weight is 362 g/mol. The van der Waals surface area contributed by atoms with Crippen LogP contribution in [0.2, 0.25) is 5.02 Å². The maximum atomic E-state index is 6.12. The number of halogens is 2. The van der Waals surface area contributed by atoms with Crippen LogP contribution >= 0.6 is 38.9 Å². The summed E-state index contributed by atoms with van der Waals surface area (Å²) in [6.07, 6.45) is 9.58. The lowest BCUT2D eigenvalue weighted by Crippen LogP contribution is -1.89. The van der Waals surface area contributed by atoms with Crippen LogP contribution in [0.3, 0.4) is 0 Å². The Kier molecular flexibility index (Phi) is 2.99. The molecule has 3 heteroatoms. The van der Waals surface area contributed by atoms with Gasteiger partial charge in [0.2, 0.25) is 0 Å². The molecule has 1 aromatic heterocycles. The Bertz CT molecular complexity index is 902. The van der Waals surface area contributed by atoms with Crippen molar-refractivity contribution < 1.29 is 0 Å². The lowest BCUT2D eigenvalue weighted by atomic mass is 9.98. The first kappa shape index (κ1) is 12.6. The Balaban J connectivity index is 2.21. The van der Waals surface area contributed by atoms with E-state index in [9.17, 15) is 0 Å². The first-order valence-corrected chi connectivity index (χ1v) is 8.39. The maximum absolute atomic E-state index is 6.12. The highest BCUT2D eigenvalue weighted by Gasteiger charge is 2.15. The molecule has 0 spiro atoms. The molecule has 0 N–H and O–H groups in total. The van der Waals surface area contributed by atoms with Gasteiger partial charge in [0.1, 0.15) is 0 Å². The predicted octanol–water partition coefficient (Wildman–Crippen LogP) is 6.60. The minimum atomic E-state index is 0.800. The minimum Gasteiger partial charge on any atom is -0.135 e. The van der Waals surface area contributed by atoms with Gasteiger partial charge in [0.15, 0.2) is 0 Å². The fourth-order valence-electron chi connectivity index (χ4n) is 2.78. The molecule has 0 unspecified atom stereocenters. The SMILES string of the molecule is Clc1ccc2c(c1)sc1cc(Br)c3c(c12)CC=CC=C3. The van der Waals surface area contributed by atoms with Crippen molar-refractivity contribution in [3.05, 3.63) is 63.1 Å². The molecule has 2 aromatic carbocycles. The van der Waals surface area contributed by atoms with Crippen LogP contribution in [0, 0.1) is 0 Å². The van der Waals surface area contributed by atoms with E-state index in [1.807, 2.05) is 6.07 Å². The Hall–Kier alpha value is -1.09. The summed E-state index contributed by atoms with van der Waals surface area (Å²) in [6.45, 7) is 0. The molecule has 3 aromatic rings. The lowest BCUT2D eigenvalue weighted by Gasteiger charge is -2.08. The van der Waals surface area contributed by atoms with Crippen molar-refractivity contribution in [2.45, 2.75) is 6.42 Å². The Labute approximate surface area is 134 Å². The van der Waals surface area contributed by atoms with Gasteiger partial charge in [-0.3, -0.25) is 0 Å². The molecular formula is C17H10BrClS. The van der Waals surface area contributed by atoms with Gasteiger partial charge in [-0.25, -0.2) is 0 Å². The molecule has 0 saturated carbocycles. The molecule has 1 aliphatic carbocycles. The number of hydrogen-bond acceptors (Lipinski definition) is 1. The summed E-state index contributed by atoms with van der Waals surface area (Å²) in [5, 5.41) is 3.48. The standard InChI is InChI=1S/C17H10BrClS/c18-14-9-16-17(12-5-3-1-2-4-11(12)14)13-7-6-10(19)8-15(13)20-16/h1-4,6-9H,5H2. The highest BCUT2D eigenvalue weighted by molar-refractivity contribution is 9.10. The van der Waals surface area contributed by atoms with E-state index in [4.69, 9.17) is 11.6 Å². The van der Waals surface area contributed by atoms with Crippen LogP contribution in [-0.4, -0.2) is 0 Å². The van der Waals surface area contributed by atoms with Crippen LogP contribution in [0.5, 0.6) is 0 Å². The molecule has 0 atom stereocenters. The molecule has 0 saturated heterocycles. The molecule has 1 heterocycles. The molecule has 1 aliphatic rings. The summed E-state index contributed by atoms with van der Waals surface area (Å²) in [6, 6.07) is 8.41. The van der Waals surface area contributed by atoms with Gasteiger partial charge in [0.25, 0.3) is 0 Å². The third-order valence-corrected chi connectivity index (χ3v) is 5.64. The zero-order valence-corrected chi connectivity index (χ0v) is 13.6. The molecule has 0 bridgehead atoms. The summed E-state index contributed by atoms with van der Waals surface area (Å²) in [7, 11) is 0. The number of allylic oxidation sites excluding steroid dienone is 3. The van der Waals surface area contributed by atoms with E-state index in [2.05, 4.69) is 58.4 Å². The number of benzene rings is 2. The van der Waals surface area contributed by atoms with Crippen molar-refractivity contribution in [2.75, 3.05) is 0 Å². The third-order valence-electron chi connectivity index (χ3n) is 3.65. The quantitative estimate of drug-likeness (QED) is 0.423. The molecule has 0 nitrogen and oxygen atoms in total. The fraction of sp³-hybridized carbons (Fsp3) is 0.0588. The van der Waals surface area contributed by atoms with E-state index >= 15 is 0 Å². The van der Waals surface area contributed by atoms with Gasteiger partial charge in [-0.05, 0) is 35.7 Å².